The molecule has 1 unspecified atom stereocenters. The van der Waals surface area contributed by atoms with Gasteiger partial charge in [-0.25, -0.2) is 7.91 Å². The molecule has 0 saturated carbocycles. The highest BCUT2D eigenvalue weighted by atomic mass is 127. The van der Waals surface area contributed by atoms with E-state index in [0.717, 1.165) is 37.1 Å². The normalized spacial score (nSPS) is 14.8. The molecule has 4 rings (SSSR count). The van der Waals surface area contributed by atoms with Gasteiger partial charge in [0, 0.05) is 18.4 Å². The number of thiophene rings is 1. The molecule has 1 amide bonds. The van der Waals surface area contributed by atoms with Crippen molar-refractivity contribution in [3.05, 3.63) is 81.7 Å². The Hall–Kier alpha value is -1.70. The van der Waals surface area contributed by atoms with Crippen LogP contribution in [0.5, 0.6) is 0 Å². The van der Waals surface area contributed by atoms with Gasteiger partial charge >= 0.3 is 5.97 Å². The van der Waals surface area contributed by atoms with Crippen LogP contribution in [0, 0.1) is 0 Å². The summed E-state index contributed by atoms with van der Waals surface area (Å²) in [4.78, 5) is 26.2. The molecule has 3 aromatic rings. The maximum atomic E-state index is 13.3. The summed E-state index contributed by atoms with van der Waals surface area (Å²) in [5.74, 6) is -0.370. The number of rotatable bonds is 8. The second-order valence-electron chi connectivity index (χ2n) is 8.28. The molecule has 2 aromatic carbocycles. The van der Waals surface area contributed by atoms with Gasteiger partial charge in [0.2, 0.25) is 0 Å². The van der Waals surface area contributed by atoms with E-state index in [0.29, 0.717) is 22.7 Å². The molecule has 1 aromatic heterocycles. The summed E-state index contributed by atoms with van der Waals surface area (Å²) in [5.41, 5.74) is 5.71. The number of fused-ring (bicyclic) bond motifs is 1. The Labute approximate surface area is 237 Å². The van der Waals surface area contributed by atoms with Crippen molar-refractivity contribution in [1.82, 2.24) is 0 Å². The van der Waals surface area contributed by atoms with Crippen molar-refractivity contribution in [1.29, 1.82) is 0 Å². The van der Waals surface area contributed by atoms with E-state index in [1.807, 2.05) is 55.6 Å². The first-order chi connectivity index (χ1) is 16.9. The topological polar surface area (TPSA) is 59.1 Å². The molecule has 0 spiro atoms. The minimum Gasteiger partial charge on any atom is -0.465 e. The lowest BCUT2D eigenvalue weighted by Gasteiger charge is -2.25. The molecule has 1 aliphatic carbocycles. The molecule has 0 N–H and O–H groups in total. The number of amides is 1. The van der Waals surface area contributed by atoms with Crippen LogP contribution in [0.3, 0.4) is 0 Å². The molecule has 0 bridgehead atoms. The van der Waals surface area contributed by atoms with Crippen LogP contribution in [0.4, 0.5) is 10.7 Å². The average Bonchev–Trinajstić information content (AvgIpc) is 3.35. The van der Waals surface area contributed by atoms with Crippen LogP contribution < -0.4 is 6.23 Å². The number of carbonyl (C=O) groups is 2. The molecule has 6 nitrogen and oxygen atoms in total. The number of aryl methyl sites for hydroxylation is 1. The lowest BCUT2D eigenvalue weighted by atomic mass is 9.80. The minimum atomic E-state index is -0.404. The van der Waals surface area contributed by atoms with Gasteiger partial charge in [0.1, 0.15) is 5.00 Å². The summed E-state index contributed by atoms with van der Waals surface area (Å²) in [6, 6.07) is 15.9. The van der Waals surface area contributed by atoms with Crippen LogP contribution >= 0.6 is 57.1 Å². The lowest BCUT2D eigenvalue weighted by Crippen LogP contribution is -2.22. The van der Waals surface area contributed by atoms with E-state index in [2.05, 4.69) is 47.1 Å². The number of esters is 1. The van der Waals surface area contributed by atoms with E-state index >= 15 is 0 Å². The van der Waals surface area contributed by atoms with E-state index in [9.17, 15) is 9.59 Å². The third-order valence-corrected chi connectivity index (χ3v) is 9.49. The monoisotopic (exact) mass is 716 g/mol. The Morgan fingerprint density at radius 1 is 1.06 bits per heavy atom. The van der Waals surface area contributed by atoms with Gasteiger partial charge in [-0.05, 0) is 71.5 Å². The summed E-state index contributed by atoms with van der Waals surface area (Å²) in [5, 5.41) is 2.63. The SMILES string of the molecule is COCCN(I)c1ccc(C(=O)N(I)c2scc(C3CCc4ccccc4C3)c2C(=O)OC)cc1. The Morgan fingerprint density at radius 2 is 1.77 bits per heavy atom. The highest BCUT2D eigenvalue weighted by Crippen LogP contribution is 2.42. The standard InChI is InChI=1S/C26H26I2N2O4S/c1-33-14-13-29(27)21-11-9-18(10-12-21)24(31)30(28)25-23(26(32)34-2)22(16-35-25)20-8-7-17-5-3-4-6-19(17)15-20/h3-6,9-12,16,20H,7-8,13-15H2,1-2H3. The summed E-state index contributed by atoms with van der Waals surface area (Å²) < 4.78 is 13.9. The summed E-state index contributed by atoms with van der Waals surface area (Å²) >= 11 is 5.64. The molecular formula is C26H26I2N2O4S. The van der Waals surface area contributed by atoms with E-state index in [1.54, 1.807) is 7.11 Å². The molecule has 1 heterocycles. The van der Waals surface area contributed by atoms with Gasteiger partial charge in [-0.3, -0.25) is 4.79 Å². The second kappa shape index (κ2) is 12.0. The molecule has 1 atom stereocenters. The van der Waals surface area contributed by atoms with Crippen LogP contribution in [0.25, 0.3) is 0 Å². The molecule has 0 fully saturated rings. The number of nitrogens with zero attached hydrogens (tertiary/aromatic N) is 2. The second-order valence-corrected chi connectivity index (χ2v) is 11.3. The highest BCUT2D eigenvalue weighted by molar-refractivity contribution is 14.1. The molecule has 0 saturated heterocycles. The van der Waals surface area contributed by atoms with Crippen molar-refractivity contribution in [3.63, 3.8) is 0 Å². The fourth-order valence-electron chi connectivity index (χ4n) is 4.35. The van der Waals surface area contributed by atoms with Gasteiger partial charge < -0.3 is 12.6 Å². The van der Waals surface area contributed by atoms with Crippen molar-refractivity contribution in [3.8, 4) is 0 Å². The number of anilines is 2. The summed E-state index contributed by atoms with van der Waals surface area (Å²) in [6.45, 7) is 1.36. The van der Waals surface area contributed by atoms with Crippen LogP contribution in [0.2, 0.25) is 0 Å². The van der Waals surface area contributed by atoms with Crippen LogP contribution in [0.1, 0.15) is 49.7 Å². The van der Waals surface area contributed by atoms with Gasteiger partial charge in [0.25, 0.3) is 5.91 Å². The highest BCUT2D eigenvalue weighted by Gasteiger charge is 2.31. The maximum absolute atomic E-state index is 13.3. The Balaban J connectivity index is 1.58. The zero-order valence-corrected chi connectivity index (χ0v) is 24.6. The van der Waals surface area contributed by atoms with Crippen LogP contribution in [0.15, 0.2) is 53.9 Å². The van der Waals surface area contributed by atoms with Crippen LogP contribution in [-0.2, 0) is 22.3 Å². The van der Waals surface area contributed by atoms with Crippen LogP contribution in [-0.4, -0.2) is 39.2 Å². The molecule has 184 valence electrons. The number of hydrogen-bond donors (Lipinski definition) is 0. The minimum absolute atomic E-state index is 0.179. The average molecular weight is 716 g/mol. The van der Waals surface area contributed by atoms with Gasteiger partial charge in [-0.1, -0.05) is 24.3 Å². The number of methoxy groups -OCH3 is 2. The predicted molar refractivity (Wildman–Crippen MR) is 157 cm³/mol. The van der Waals surface area contributed by atoms with Crippen molar-refractivity contribution < 1.29 is 19.1 Å². The molecular weight excluding hydrogens is 690 g/mol. The largest absolute Gasteiger partial charge is 0.465 e. The number of halogens is 2. The molecule has 1 aliphatic rings. The van der Waals surface area contributed by atoms with E-state index in [1.165, 1.54) is 32.7 Å². The predicted octanol–water partition coefficient (Wildman–Crippen LogP) is 6.61. The van der Waals surface area contributed by atoms with Crippen molar-refractivity contribution in [2.24, 2.45) is 0 Å². The number of ether oxygens (including phenoxy) is 2. The first kappa shape index (κ1) is 26.4. The van der Waals surface area contributed by atoms with E-state index < -0.39 is 5.97 Å². The first-order valence-electron chi connectivity index (χ1n) is 11.2. The van der Waals surface area contributed by atoms with Gasteiger partial charge in [-0.15, -0.1) is 11.3 Å². The fraction of sp³-hybridized carbons (Fsp3) is 0.308. The summed E-state index contributed by atoms with van der Waals surface area (Å²) in [7, 11) is 3.06. The molecule has 9 heteroatoms. The van der Waals surface area contributed by atoms with Gasteiger partial charge in [0.15, 0.2) is 0 Å². The van der Waals surface area contributed by atoms with Gasteiger partial charge in [0.05, 0.1) is 71.6 Å². The molecule has 35 heavy (non-hydrogen) atoms. The smallest absolute Gasteiger partial charge is 0.341 e. The maximum Gasteiger partial charge on any atom is 0.341 e. The lowest BCUT2D eigenvalue weighted by molar-refractivity contribution is 0.0600. The Bertz CT molecular complexity index is 1200. The zero-order valence-electron chi connectivity index (χ0n) is 19.5. The quantitative estimate of drug-likeness (QED) is 0.149. The Morgan fingerprint density at radius 3 is 2.46 bits per heavy atom. The third-order valence-electron chi connectivity index (χ3n) is 6.22. The number of carbonyl (C=O) groups excluding carboxylic acids is 2. The fourth-order valence-corrected chi connectivity index (χ4v) is 6.77. The van der Waals surface area contributed by atoms with E-state index in [-0.39, 0.29) is 11.8 Å². The third kappa shape index (κ3) is 5.83. The number of benzene rings is 2. The molecule has 0 aliphatic heterocycles. The van der Waals surface area contributed by atoms with Crippen molar-refractivity contribution >= 4 is 79.6 Å². The number of hydrogen-bond acceptors (Lipinski definition) is 6. The zero-order chi connectivity index (χ0) is 24.9. The molecule has 0 radical (unpaired) electrons. The van der Waals surface area contributed by atoms with Gasteiger partial charge in [-0.2, -0.15) is 0 Å². The first-order valence-corrected chi connectivity index (χ1v) is 14.0. The Kier molecular flexibility index (Phi) is 9.06. The van der Waals surface area contributed by atoms with Crippen molar-refractivity contribution in [2.45, 2.75) is 25.2 Å². The van der Waals surface area contributed by atoms with E-state index in [4.69, 9.17) is 9.47 Å². The summed E-state index contributed by atoms with van der Waals surface area (Å²) in [6.07, 6.45) is 2.82. The van der Waals surface area contributed by atoms with Crippen molar-refractivity contribution in [2.75, 3.05) is 33.6 Å².